The monoisotopic (exact) mass is 318 g/mol. The molecule has 2 N–H and O–H groups in total. The fraction of sp³-hybridized carbons (Fsp3) is 0.200. The molecule has 0 spiro atoms. The van der Waals surface area contributed by atoms with Gasteiger partial charge in [-0.3, -0.25) is 0 Å². The van der Waals surface area contributed by atoms with E-state index in [-0.39, 0.29) is 13.5 Å². The second-order valence-corrected chi connectivity index (χ2v) is 6.00. The van der Waals surface area contributed by atoms with Crippen LogP contribution in [0.15, 0.2) is 72.7 Å². The Balaban J connectivity index is 1.74. The summed E-state index contributed by atoms with van der Waals surface area (Å²) < 4.78 is 0. The van der Waals surface area contributed by atoms with E-state index >= 15 is 0 Å². The molecule has 0 atom stereocenters. The van der Waals surface area contributed by atoms with Gasteiger partial charge in [-0.1, -0.05) is 72.1 Å². The van der Waals surface area contributed by atoms with Crippen molar-refractivity contribution in [3.8, 4) is 0 Å². The van der Waals surface area contributed by atoms with Crippen LogP contribution in [-0.4, -0.2) is 37.0 Å². The summed E-state index contributed by atoms with van der Waals surface area (Å²) in [4.78, 5) is 2.31. The van der Waals surface area contributed by atoms with Crippen LogP contribution in [0.2, 0.25) is 0 Å². The molecule has 1 heterocycles. The fourth-order valence-corrected chi connectivity index (χ4v) is 3.04. The highest BCUT2D eigenvalue weighted by Crippen LogP contribution is 2.23. The van der Waals surface area contributed by atoms with Gasteiger partial charge in [0.15, 0.2) is 0 Å². The molecule has 24 heavy (non-hydrogen) atoms. The Morgan fingerprint density at radius 2 is 1.79 bits per heavy atom. The van der Waals surface area contributed by atoms with Crippen LogP contribution in [0, 0.1) is 0 Å². The maximum atomic E-state index is 8.82. The van der Waals surface area contributed by atoms with Crippen molar-refractivity contribution in [2.24, 2.45) is 0 Å². The van der Waals surface area contributed by atoms with Crippen molar-refractivity contribution in [1.82, 2.24) is 10.1 Å². The lowest BCUT2D eigenvalue weighted by atomic mass is 9.53. The molecular formula is C20H23BN2O. The third-order valence-corrected chi connectivity index (χ3v) is 4.35. The Morgan fingerprint density at radius 1 is 1.04 bits per heavy atom. The first kappa shape index (κ1) is 16.6. The molecule has 0 unspecified atom stereocenters. The van der Waals surface area contributed by atoms with Gasteiger partial charge >= 0.3 is 6.85 Å². The molecular weight excluding hydrogens is 295 g/mol. The van der Waals surface area contributed by atoms with Crippen molar-refractivity contribution >= 4 is 18.0 Å². The second-order valence-electron chi connectivity index (χ2n) is 6.00. The number of allylic oxidation sites excluding steroid dienone is 2. The zero-order valence-corrected chi connectivity index (χ0v) is 14.0. The summed E-state index contributed by atoms with van der Waals surface area (Å²) >= 11 is 0. The highest BCUT2D eigenvalue weighted by atomic mass is 16.3. The Kier molecular flexibility index (Phi) is 5.52. The Labute approximate surface area is 144 Å². The van der Waals surface area contributed by atoms with Crippen molar-refractivity contribution in [2.45, 2.75) is 6.54 Å². The van der Waals surface area contributed by atoms with Crippen LogP contribution in [0.1, 0.15) is 11.1 Å². The molecule has 2 aromatic rings. The van der Waals surface area contributed by atoms with E-state index < -0.39 is 0 Å². The summed E-state index contributed by atoms with van der Waals surface area (Å²) in [5.74, 6) is 2.23. The first-order chi connectivity index (χ1) is 11.8. The van der Waals surface area contributed by atoms with Crippen LogP contribution in [0.3, 0.4) is 0 Å². The zero-order valence-electron chi connectivity index (χ0n) is 14.0. The molecule has 0 amide bonds. The SMILES string of the molecule is CN1B(c2ccccc2)C=CC=C1c1ccc(CNCCO)cc1. The maximum absolute atomic E-state index is 8.82. The fourth-order valence-electron chi connectivity index (χ4n) is 3.04. The van der Waals surface area contributed by atoms with Gasteiger partial charge in [-0.2, -0.15) is 0 Å². The zero-order chi connectivity index (χ0) is 16.8. The molecule has 0 saturated carbocycles. The Hall–Kier alpha value is -2.30. The van der Waals surface area contributed by atoms with Crippen molar-refractivity contribution in [1.29, 1.82) is 0 Å². The van der Waals surface area contributed by atoms with Crippen molar-refractivity contribution in [3.63, 3.8) is 0 Å². The maximum Gasteiger partial charge on any atom is 0.315 e. The van der Waals surface area contributed by atoms with E-state index in [1.165, 1.54) is 22.3 Å². The number of nitrogens with zero attached hydrogens (tertiary/aromatic N) is 1. The molecule has 1 aliphatic rings. The summed E-state index contributed by atoms with van der Waals surface area (Å²) in [5, 5.41) is 12.0. The summed E-state index contributed by atoms with van der Waals surface area (Å²) in [6.07, 6.45) is 4.31. The van der Waals surface area contributed by atoms with Gasteiger partial charge in [-0.15, -0.1) is 0 Å². The largest absolute Gasteiger partial charge is 0.410 e. The van der Waals surface area contributed by atoms with Gasteiger partial charge in [0.25, 0.3) is 0 Å². The number of aliphatic hydroxyl groups excluding tert-OH is 1. The highest BCUT2D eigenvalue weighted by molar-refractivity contribution is 6.76. The molecule has 0 aliphatic carbocycles. The van der Waals surface area contributed by atoms with Gasteiger partial charge in [-0.25, -0.2) is 0 Å². The normalized spacial score (nSPS) is 14.0. The van der Waals surface area contributed by atoms with Gasteiger partial charge < -0.3 is 15.2 Å². The lowest BCUT2D eigenvalue weighted by Gasteiger charge is -2.30. The molecule has 1 aliphatic heterocycles. The third-order valence-electron chi connectivity index (χ3n) is 4.35. The predicted octanol–water partition coefficient (Wildman–Crippen LogP) is 2.05. The van der Waals surface area contributed by atoms with Crippen LogP contribution in [0.4, 0.5) is 0 Å². The van der Waals surface area contributed by atoms with Gasteiger partial charge in [0, 0.05) is 18.8 Å². The molecule has 0 bridgehead atoms. The Bertz CT molecular complexity index is 710. The summed E-state index contributed by atoms with van der Waals surface area (Å²) in [6.45, 7) is 1.84. The topological polar surface area (TPSA) is 35.5 Å². The quantitative estimate of drug-likeness (QED) is 0.632. The van der Waals surface area contributed by atoms with E-state index in [2.05, 4.69) is 89.9 Å². The third kappa shape index (κ3) is 3.78. The van der Waals surface area contributed by atoms with E-state index in [9.17, 15) is 0 Å². The van der Waals surface area contributed by atoms with Crippen LogP contribution < -0.4 is 10.8 Å². The molecule has 3 rings (SSSR count). The first-order valence-electron chi connectivity index (χ1n) is 8.37. The minimum Gasteiger partial charge on any atom is -0.410 e. The summed E-state index contributed by atoms with van der Waals surface area (Å²) in [7, 11) is 2.14. The lowest BCUT2D eigenvalue weighted by Crippen LogP contribution is -2.44. The van der Waals surface area contributed by atoms with Crippen LogP contribution in [0.25, 0.3) is 5.70 Å². The van der Waals surface area contributed by atoms with E-state index in [1.807, 2.05) is 0 Å². The molecule has 0 radical (unpaired) electrons. The average Bonchev–Trinajstić information content (AvgIpc) is 2.64. The first-order valence-corrected chi connectivity index (χ1v) is 8.37. The van der Waals surface area contributed by atoms with E-state index in [4.69, 9.17) is 5.11 Å². The van der Waals surface area contributed by atoms with Gasteiger partial charge in [-0.05, 0) is 24.3 Å². The van der Waals surface area contributed by atoms with Crippen molar-refractivity contribution in [2.75, 3.05) is 20.2 Å². The molecule has 3 nitrogen and oxygen atoms in total. The number of hydrogen-bond donors (Lipinski definition) is 2. The molecule has 122 valence electrons. The van der Waals surface area contributed by atoms with Crippen molar-refractivity contribution < 1.29 is 5.11 Å². The highest BCUT2D eigenvalue weighted by Gasteiger charge is 2.24. The number of nitrogens with one attached hydrogen (secondary N) is 1. The van der Waals surface area contributed by atoms with Crippen LogP contribution >= 0.6 is 0 Å². The minimum absolute atomic E-state index is 0.170. The number of hydrogen-bond acceptors (Lipinski definition) is 3. The van der Waals surface area contributed by atoms with Crippen LogP contribution in [0.5, 0.6) is 0 Å². The number of aliphatic hydroxyl groups is 1. The number of benzene rings is 2. The van der Waals surface area contributed by atoms with Gasteiger partial charge in [0.05, 0.1) is 6.61 Å². The lowest BCUT2D eigenvalue weighted by molar-refractivity contribution is 0.292. The molecule has 4 heteroatoms. The van der Waals surface area contributed by atoms with E-state index in [0.29, 0.717) is 6.54 Å². The Morgan fingerprint density at radius 3 is 2.50 bits per heavy atom. The summed E-state index contributed by atoms with van der Waals surface area (Å²) in [6, 6.07) is 19.2. The smallest absolute Gasteiger partial charge is 0.315 e. The minimum atomic E-state index is 0.170. The van der Waals surface area contributed by atoms with Crippen LogP contribution in [-0.2, 0) is 6.54 Å². The van der Waals surface area contributed by atoms with Crippen molar-refractivity contribution in [3.05, 3.63) is 83.9 Å². The standard InChI is InChI=1S/C20H23BN2O/c1-23-20(8-5-13-21(23)19-6-3-2-4-7-19)18-11-9-17(10-12-18)16-22-14-15-24/h2-13,22,24H,14-16H2,1H3. The molecule has 0 saturated heterocycles. The predicted molar refractivity (Wildman–Crippen MR) is 102 cm³/mol. The second kappa shape index (κ2) is 8.00. The number of rotatable bonds is 6. The molecule has 0 aromatic heterocycles. The molecule has 0 fully saturated rings. The van der Waals surface area contributed by atoms with E-state index in [1.54, 1.807) is 0 Å². The molecule has 2 aromatic carbocycles. The van der Waals surface area contributed by atoms with Gasteiger partial charge in [0.1, 0.15) is 0 Å². The van der Waals surface area contributed by atoms with Gasteiger partial charge in [0.2, 0.25) is 0 Å². The average molecular weight is 318 g/mol. The summed E-state index contributed by atoms with van der Waals surface area (Å²) in [5.41, 5.74) is 4.96. The van der Waals surface area contributed by atoms with E-state index in [0.717, 1.165) is 6.54 Å².